The summed E-state index contributed by atoms with van der Waals surface area (Å²) >= 11 is 5.37. The molecule has 0 fully saturated rings. The molecule has 0 aliphatic rings. The van der Waals surface area contributed by atoms with Crippen molar-refractivity contribution in [3.63, 3.8) is 0 Å². The number of rotatable bonds is 7. The Bertz CT molecular complexity index is 1180. The summed E-state index contributed by atoms with van der Waals surface area (Å²) in [5, 5.41) is 6.48. The number of hydrogen-bond acceptors (Lipinski definition) is 5. The van der Waals surface area contributed by atoms with Gasteiger partial charge in [-0.2, -0.15) is 0 Å². The number of sulfonamides is 1. The average Bonchev–Trinajstić information content (AvgIpc) is 2.74. The minimum Gasteiger partial charge on any atom is -0.495 e. The van der Waals surface area contributed by atoms with Crippen molar-refractivity contribution in [2.45, 2.75) is 11.8 Å². The van der Waals surface area contributed by atoms with E-state index < -0.39 is 10.0 Å². The highest BCUT2D eigenvalue weighted by molar-refractivity contribution is 7.92. The Hall–Kier alpha value is -3.30. The Labute approximate surface area is 187 Å². The highest BCUT2D eigenvalue weighted by atomic mass is 32.2. The lowest BCUT2D eigenvalue weighted by Gasteiger charge is -2.15. The molecule has 162 valence electrons. The SMILES string of the molecule is COc1ccc(C)cc1NC(=S)Nc1ccc(S(=O)(=O)Nc2ccccc2OC)cc1. The average molecular weight is 458 g/mol. The predicted molar refractivity (Wildman–Crippen MR) is 128 cm³/mol. The zero-order valence-corrected chi connectivity index (χ0v) is 18.9. The van der Waals surface area contributed by atoms with Crippen LogP contribution >= 0.6 is 12.2 Å². The maximum atomic E-state index is 12.7. The van der Waals surface area contributed by atoms with Crippen molar-refractivity contribution in [2.24, 2.45) is 0 Å². The van der Waals surface area contributed by atoms with E-state index in [0.29, 0.717) is 28.0 Å². The van der Waals surface area contributed by atoms with Gasteiger partial charge in [-0.3, -0.25) is 4.72 Å². The number of benzene rings is 3. The number of thiocarbonyl (C=S) groups is 1. The Morgan fingerprint density at radius 2 is 1.48 bits per heavy atom. The second kappa shape index (κ2) is 9.67. The molecule has 0 aliphatic carbocycles. The number of nitrogens with one attached hydrogen (secondary N) is 3. The van der Waals surface area contributed by atoms with Gasteiger partial charge >= 0.3 is 0 Å². The van der Waals surface area contributed by atoms with Crippen LogP contribution in [0.5, 0.6) is 11.5 Å². The van der Waals surface area contributed by atoms with Gasteiger partial charge in [0, 0.05) is 5.69 Å². The zero-order chi connectivity index (χ0) is 22.4. The molecule has 0 spiro atoms. The molecule has 0 saturated heterocycles. The lowest BCUT2D eigenvalue weighted by atomic mass is 10.2. The summed E-state index contributed by atoms with van der Waals surface area (Å²) in [7, 11) is -0.705. The van der Waals surface area contributed by atoms with Crippen LogP contribution in [0.3, 0.4) is 0 Å². The number of methoxy groups -OCH3 is 2. The minimum atomic E-state index is -3.78. The number of anilines is 3. The van der Waals surface area contributed by atoms with Crippen molar-refractivity contribution in [3.05, 3.63) is 72.3 Å². The van der Waals surface area contributed by atoms with Crippen LogP contribution in [0.25, 0.3) is 0 Å². The first-order valence-corrected chi connectivity index (χ1v) is 11.2. The van der Waals surface area contributed by atoms with Gasteiger partial charge in [0.05, 0.1) is 30.5 Å². The standard InChI is InChI=1S/C22H23N3O4S2/c1-15-8-13-21(29-3)19(14-15)24-22(30)23-16-9-11-17(12-10-16)31(26,27)25-18-6-4-5-7-20(18)28-2/h4-14,25H,1-3H3,(H2,23,24,30). The fourth-order valence-electron chi connectivity index (χ4n) is 2.85. The van der Waals surface area contributed by atoms with Gasteiger partial charge in [0.1, 0.15) is 11.5 Å². The van der Waals surface area contributed by atoms with Gasteiger partial charge in [-0.15, -0.1) is 0 Å². The largest absolute Gasteiger partial charge is 0.495 e. The predicted octanol–water partition coefficient (Wildman–Crippen LogP) is 4.62. The quantitative estimate of drug-likeness (QED) is 0.446. The second-order valence-electron chi connectivity index (χ2n) is 6.61. The van der Waals surface area contributed by atoms with E-state index in [1.54, 1.807) is 43.5 Å². The van der Waals surface area contributed by atoms with E-state index >= 15 is 0 Å². The Balaban J connectivity index is 1.70. The van der Waals surface area contributed by atoms with Gasteiger partial charge in [-0.1, -0.05) is 18.2 Å². The van der Waals surface area contributed by atoms with E-state index in [9.17, 15) is 8.42 Å². The molecule has 0 bridgehead atoms. The van der Waals surface area contributed by atoms with E-state index in [4.69, 9.17) is 21.7 Å². The lowest BCUT2D eigenvalue weighted by molar-refractivity contribution is 0.417. The molecule has 0 heterocycles. The van der Waals surface area contributed by atoms with E-state index in [1.165, 1.54) is 19.2 Å². The Morgan fingerprint density at radius 3 is 2.16 bits per heavy atom. The van der Waals surface area contributed by atoms with Crippen LogP contribution in [0.1, 0.15) is 5.56 Å². The molecule has 0 saturated carbocycles. The second-order valence-corrected chi connectivity index (χ2v) is 8.70. The van der Waals surface area contributed by atoms with E-state index in [-0.39, 0.29) is 4.90 Å². The first-order chi connectivity index (χ1) is 14.8. The number of ether oxygens (including phenoxy) is 2. The number of hydrogen-bond donors (Lipinski definition) is 3. The number of aryl methyl sites for hydroxylation is 1. The summed E-state index contributed by atoms with van der Waals surface area (Å²) in [4.78, 5) is 0.114. The van der Waals surface area contributed by atoms with Crippen LogP contribution in [-0.2, 0) is 10.0 Å². The molecule has 0 amide bonds. The number of para-hydroxylation sites is 2. The Kier molecular flexibility index (Phi) is 6.98. The third-order valence-electron chi connectivity index (χ3n) is 4.38. The molecule has 0 atom stereocenters. The molecule has 0 aromatic heterocycles. The van der Waals surface area contributed by atoms with E-state index in [0.717, 1.165) is 11.3 Å². The van der Waals surface area contributed by atoms with Gasteiger partial charge in [0.25, 0.3) is 10.0 Å². The molecule has 7 nitrogen and oxygen atoms in total. The lowest BCUT2D eigenvalue weighted by Crippen LogP contribution is -2.19. The molecule has 0 unspecified atom stereocenters. The summed E-state index contributed by atoms with van der Waals surface area (Å²) in [5.41, 5.74) is 2.80. The highest BCUT2D eigenvalue weighted by Gasteiger charge is 2.16. The van der Waals surface area contributed by atoms with Crippen molar-refractivity contribution in [3.8, 4) is 11.5 Å². The fourth-order valence-corrected chi connectivity index (χ4v) is 4.15. The molecule has 3 aromatic rings. The van der Waals surface area contributed by atoms with Crippen LogP contribution in [-0.4, -0.2) is 27.7 Å². The van der Waals surface area contributed by atoms with Gasteiger partial charge in [-0.25, -0.2) is 8.42 Å². The van der Waals surface area contributed by atoms with Gasteiger partial charge in [-0.05, 0) is 73.2 Å². The van der Waals surface area contributed by atoms with Gasteiger partial charge in [0.15, 0.2) is 5.11 Å². The van der Waals surface area contributed by atoms with Gasteiger partial charge in [0.2, 0.25) is 0 Å². The van der Waals surface area contributed by atoms with Crippen molar-refractivity contribution in [2.75, 3.05) is 29.6 Å². The van der Waals surface area contributed by atoms with Crippen molar-refractivity contribution in [1.29, 1.82) is 0 Å². The van der Waals surface area contributed by atoms with Crippen LogP contribution in [0.4, 0.5) is 17.1 Å². The zero-order valence-electron chi connectivity index (χ0n) is 17.3. The molecule has 3 aromatic carbocycles. The van der Waals surface area contributed by atoms with E-state index in [1.807, 2.05) is 25.1 Å². The first-order valence-electron chi connectivity index (χ1n) is 9.31. The van der Waals surface area contributed by atoms with Crippen LogP contribution in [0.2, 0.25) is 0 Å². The Morgan fingerprint density at radius 1 is 0.839 bits per heavy atom. The van der Waals surface area contributed by atoms with Crippen LogP contribution < -0.4 is 24.8 Å². The molecule has 3 rings (SSSR count). The van der Waals surface area contributed by atoms with Crippen LogP contribution in [0.15, 0.2) is 71.6 Å². The van der Waals surface area contributed by atoms with Crippen molar-refractivity contribution >= 4 is 44.4 Å². The summed E-state index contributed by atoms with van der Waals surface area (Å²) in [6.07, 6.45) is 0. The molecular weight excluding hydrogens is 434 g/mol. The third kappa shape index (κ3) is 5.65. The summed E-state index contributed by atoms with van der Waals surface area (Å²) < 4.78 is 38.5. The molecule has 31 heavy (non-hydrogen) atoms. The summed E-state index contributed by atoms with van der Waals surface area (Å²) in [6, 6.07) is 18.8. The fraction of sp³-hybridized carbons (Fsp3) is 0.136. The van der Waals surface area contributed by atoms with Gasteiger partial charge < -0.3 is 20.1 Å². The third-order valence-corrected chi connectivity index (χ3v) is 5.96. The molecular formula is C22H23N3O4S2. The maximum absolute atomic E-state index is 12.7. The first kappa shape index (κ1) is 22.4. The normalized spacial score (nSPS) is 10.8. The topological polar surface area (TPSA) is 88.7 Å². The van der Waals surface area contributed by atoms with Crippen molar-refractivity contribution < 1.29 is 17.9 Å². The summed E-state index contributed by atoms with van der Waals surface area (Å²) in [5.74, 6) is 1.10. The molecule has 9 heteroatoms. The molecule has 0 aliphatic heterocycles. The summed E-state index contributed by atoms with van der Waals surface area (Å²) in [6.45, 7) is 1.97. The van der Waals surface area contributed by atoms with Crippen LogP contribution in [0, 0.1) is 6.92 Å². The molecule has 0 radical (unpaired) electrons. The monoisotopic (exact) mass is 457 g/mol. The molecule has 3 N–H and O–H groups in total. The smallest absolute Gasteiger partial charge is 0.262 e. The van der Waals surface area contributed by atoms with Crippen molar-refractivity contribution in [1.82, 2.24) is 0 Å². The maximum Gasteiger partial charge on any atom is 0.262 e. The minimum absolute atomic E-state index is 0.114. The highest BCUT2D eigenvalue weighted by Crippen LogP contribution is 2.27. The van der Waals surface area contributed by atoms with E-state index in [2.05, 4.69) is 15.4 Å².